The van der Waals surface area contributed by atoms with Crippen LogP contribution in [0.25, 0.3) is 5.41 Å². The van der Waals surface area contributed by atoms with Crippen LogP contribution in [0.2, 0.25) is 0 Å². The van der Waals surface area contributed by atoms with Gasteiger partial charge in [-0.1, -0.05) is 13.8 Å². The van der Waals surface area contributed by atoms with Crippen molar-refractivity contribution < 1.29 is 14.0 Å². The Labute approximate surface area is 92.3 Å². The third-order valence-electron chi connectivity index (χ3n) is 2.67. The maximum absolute atomic E-state index is 8.24. The molecule has 1 saturated heterocycles. The lowest BCUT2D eigenvalue weighted by molar-refractivity contribution is -0.937. The van der Waals surface area contributed by atoms with Gasteiger partial charge in [0, 0.05) is 25.9 Å². The zero-order valence-corrected chi connectivity index (χ0v) is 10.0. The van der Waals surface area contributed by atoms with Crippen molar-refractivity contribution in [2.45, 2.75) is 26.7 Å². The zero-order valence-electron chi connectivity index (χ0n) is 10.0. The first kappa shape index (κ1) is 14.3. The van der Waals surface area contributed by atoms with Crippen LogP contribution in [0.3, 0.4) is 0 Å². The number of hydrogen-bond acceptors (Lipinski definition) is 2. The number of methoxy groups -OCH3 is 1. The van der Waals surface area contributed by atoms with Gasteiger partial charge in [-0.15, -0.1) is 0 Å². The minimum absolute atomic E-state index is 0.500. The number of ether oxygens (including phenoxy) is 1. The summed E-state index contributed by atoms with van der Waals surface area (Å²) in [7, 11) is 1.82. The van der Waals surface area contributed by atoms with E-state index in [2.05, 4.69) is 13.8 Å². The summed E-state index contributed by atoms with van der Waals surface area (Å²) >= 11 is 0. The van der Waals surface area contributed by atoms with Crippen molar-refractivity contribution in [1.29, 1.82) is 0 Å². The van der Waals surface area contributed by atoms with Gasteiger partial charge in [0.25, 0.3) is 0 Å². The van der Waals surface area contributed by atoms with Crippen LogP contribution in [0.4, 0.5) is 0 Å². The molecule has 1 rings (SSSR count). The average molecular weight is 214 g/mol. The molecule has 0 bridgehead atoms. The highest BCUT2D eigenvalue weighted by Crippen LogP contribution is 2.21. The molecule has 0 spiro atoms. The number of nitrogens with zero attached hydrogens (tertiary/aromatic N) is 2. The van der Waals surface area contributed by atoms with Crippen LogP contribution in [0.1, 0.15) is 26.7 Å². The molecule has 88 valence electrons. The molecular weight excluding hydrogens is 192 g/mol. The molecule has 0 N–H and O–H groups in total. The Morgan fingerprint density at radius 3 is 2.20 bits per heavy atom. The summed E-state index contributed by atoms with van der Waals surface area (Å²) in [4.78, 5) is 8.24. The number of quaternary nitrogens is 1. The summed E-state index contributed by atoms with van der Waals surface area (Å²) in [5, 5.41) is 6.76. The molecule has 0 aromatic carbocycles. The maximum Gasteiger partial charge on any atom is 0.182 e. The fraction of sp³-hybridized carbons (Fsp3) is 0.909. The lowest BCUT2D eigenvalue weighted by atomic mass is 10.2. The van der Waals surface area contributed by atoms with Gasteiger partial charge in [0.2, 0.25) is 0 Å². The largest absolute Gasteiger partial charge is 0.724 e. The first-order valence-electron chi connectivity index (χ1n) is 5.45. The Balaban J connectivity index is 0.000000583. The summed E-state index contributed by atoms with van der Waals surface area (Å²) in [6.45, 7) is 9.45. The second-order valence-corrected chi connectivity index (χ2v) is 4.58. The van der Waals surface area contributed by atoms with Gasteiger partial charge in [0.15, 0.2) is 6.73 Å². The molecule has 1 aliphatic heterocycles. The van der Waals surface area contributed by atoms with E-state index in [1.54, 1.807) is 0 Å². The monoisotopic (exact) mass is 214 g/mol. The van der Waals surface area contributed by atoms with Gasteiger partial charge in [0.1, 0.15) is 0 Å². The van der Waals surface area contributed by atoms with Crippen LogP contribution in [0.5, 0.6) is 0 Å². The summed E-state index contributed by atoms with van der Waals surface area (Å²) in [5.74, 6) is 0.790. The minimum atomic E-state index is 0.500. The highest BCUT2D eigenvalue weighted by molar-refractivity contribution is 5.36. The molecule has 0 amide bonds. The van der Waals surface area contributed by atoms with E-state index in [1.807, 2.05) is 7.11 Å². The van der Waals surface area contributed by atoms with E-state index < -0.39 is 0 Å². The van der Waals surface area contributed by atoms with Gasteiger partial charge in [-0.05, 0) is 6.08 Å². The van der Waals surface area contributed by atoms with Crippen molar-refractivity contribution in [1.82, 2.24) is 0 Å². The van der Waals surface area contributed by atoms with Gasteiger partial charge in [-0.2, -0.15) is 0 Å². The van der Waals surface area contributed by atoms with Gasteiger partial charge in [-0.3, -0.25) is 4.79 Å². The van der Waals surface area contributed by atoms with Crippen LogP contribution in [0, 0.1) is 5.92 Å². The highest BCUT2D eigenvalue weighted by Gasteiger charge is 2.32. The Bertz CT molecular complexity index is 193. The van der Waals surface area contributed by atoms with E-state index in [0.29, 0.717) is 6.08 Å². The number of carbonyl (C=O) groups excluding carboxylic acids is 1. The molecule has 0 atom stereocenters. The number of rotatable bonds is 4. The second kappa shape index (κ2) is 7.57. The molecule has 1 fully saturated rings. The number of isocyanates is 1. The molecule has 1 aliphatic rings. The molecule has 0 unspecified atom stereocenters. The van der Waals surface area contributed by atoms with Crippen molar-refractivity contribution in [2.24, 2.45) is 5.92 Å². The van der Waals surface area contributed by atoms with E-state index in [9.17, 15) is 0 Å². The van der Waals surface area contributed by atoms with Crippen LogP contribution in [-0.2, 0) is 9.53 Å². The highest BCUT2D eigenvalue weighted by atomic mass is 16.5. The van der Waals surface area contributed by atoms with Gasteiger partial charge < -0.3 is 14.6 Å². The average Bonchev–Trinajstić information content (AvgIpc) is 2.54. The van der Waals surface area contributed by atoms with Crippen LogP contribution < -0.4 is 0 Å². The van der Waals surface area contributed by atoms with Crippen LogP contribution >= 0.6 is 0 Å². The standard InChI is InChI=1S/C10H22NO.CNO/c1-10(2)8-11(9-12-3)6-4-5-7-11;2-1-3/h10H,4-9H2,1-3H3;/q+1;-1. The molecule has 0 saturated carbocycles. The summed E-state index contributed by atoms with van der Waals surface area (Å²) < 4.78 is 6.50. The normalized spacial score (nSPS) is 18.1. The van der Waals surface area contributed by atoms with Crippen LogP contribution in [-0.4, -0.2) is 44.0 Å². The summed E-state index contributed by atoms with van der Waals surface area (Å²) in [6, 6.07) is 0. The first-order chi connectivity index (χ1) is 7.10. The van der Waals surface area contributed by atoms with Crippen molar-refractivity contribution in [3.05, 3.63) is 5.41 Å². The van der Waals surface area contributed by atoms with Crippen LogP contribution in [0.15, 0.2) is 0 Å². The van der Waals surface area contributed by atoms with Gasteiger partial charge in [0.05, 0.1) is 19.6 Å². The summed E-state index contributed by atoms with van der Waals surface area (Å²) in [6.07, 6.45) is 3.27. The third-order valence-corrected chi connectivity index (χ3v) is 2.67. The third kappa shape index (κ3) is 5.67. The Morgan fingerprint density at radius 2 is 1.87 bits per heavy atom. The quantitative estimate of drug-likeness (QED) is 0.406. The van der Waals surface area contributed by atoms with Gasteiger partial charge >= 0.3 is 0 Å². The second-order valence-electron chi connectivity index (χ2n) is 4.58. The molecule has 1 heterocycles. The van der Waals surface area contributed by atoms with Crippen molar-refractivity contribution in [3.8, 4) is 0 Å². The van der Waals surface area contributed by atoms with Crippen molar-refractivity contribution in [2.75, 3.05) is 33.5 Å². The fourth-order valence-electron chi connectivity index (χ4n) is 2.42. The number of hydrogen-bond donors (Lipinski definition) is 0. The van der Waals surface area contributed by atoms with Crippen molar-refractivity contribution in [3.63, 3.8) is 0 Å². The molecule has 4 nitrogen and oxygen atoms in total. The molecule has 0 aromatic heterocycles. The Hall–Kier alpha value is -0.700. The molecule has 4 heteroatoms. The maximum atomic E-state index is 8.24. The zero-order chi connectivity index (χ0) is 11.7. The van der Waals surface area contributed by atoms with E-state index in [-0.39, 0.29) is 0 Å². The van der Waals surface area contributed by atoms with Crippen molar-refractivity contribution >= 4 is 6.08 Å². The van der Waals surface area contributed by atoms with E-state index in [0.717, 1.165) is 12.6 Å². The predicted octanol–water partition coefficient (Wildman–Crippen LogP) is 1.75. The smallest absolute Gasteiger partial charge is 0.182 e. The topological polar surface area (TPSA) is 48.6 Å². The molecular formula is C11H22N2O2. The summed E-state index contributed by atoms with van der Waals surface area (Å²) in [5.41, 5.74) is 0. The van der Waals surface area contributed by atoms with E-state index >= 15 is 0 Å². The molecule has 0 aromatic rings. The first-order valence-corrected chi connectivity index (χ1v) is 5.45. The van der Waals surface area contributed by atoms with E-state index in [1.165, 1.54) is 37.0 Å². The lowest BCUT2D eigenvalue weighted by Gasteiger charge is -2.34. The fourth-order valence-corrected chi connectivity index (χ4v) is 2.42. The molecule has 0 radical (unpaired) electrons. The minimum Gasteiger partial charge on any atom is -0.724 e. The SMILES string of the molecule is COC[N+]1(CC(C)C)CCCC1.[N-]=C=O. The number of likely N-dealkylation sites (tertiary alicyclic amines) is 1. The van der Waals surface area contributed by atoms with E-state index in [4.69, 9.17) is 14.9 Å². The predicted molar refractivity (Wildman–Crippen MR) is 59.9 cm³/mol. The molecule has 15 heavy (non-hydrogen) atoms. The Kier molecular flexibility index (Phi) is 7.22. The van der Waals surface area contributed by atoms with Gasteiger partial charge in [-0.25, -0.2) is 0 Å². The lowest BCUT2D eigenvalue weighted by Crippen LogP contribution is -2.48. The Morgan fingerprint density at radius 1 is 1.40 bits per heavy atom. The molecule has 0 aliphatic carbocycles.